The van der Waals surface area contributed by atoms with Crippen LogP contribution in [0.3, 0.4) is 0 Å². The van der Waals surface area contributed by atoms with Gasteiger partial charge in [-0.15, -0.1) is 0 Å². The molecule has 0 aliphatic carbocycles. The highest BCUT2D eigenvalue weighted by Gasteiger charge is 2.34. The first-order chi connectivity index (χ1) is 15.9. The minimum atomic E-state index is -4.72. The summed E-state index contributed by atoms with van der Waals surface area (Å²) in [5.74, 6) is -0.125. The van der Waals surface area contributed by atoms with Crippen molar-refractivity contribution in [1.82, 2.24) is 14.5 Å². The second kappa shape index (κ2) is 9.23. The average molecular weight is 488 g/mol. The zero-order valence-electron chi connectivity index (χ0n) is 18.6. The Morgan fingerprint density at radius 3 is 2.44 bits per heavy atom. The Bertz CT molecular complexity index is 1430. The smallest absolute Gasteiger partial charge is 0.329 e. The quantitative estimate of drug-likeness (QED) is 0.468. The lowest BCUT2D eigenvalue weighted by Gasteiger charge is -2.11. The summed E-state index contributed by atoms with van der Waals surface area (Å²) in [6.07, 6.45) is -2.51. The number of alkyl halides is 3. The van der Waals surface area contributed by atoms with Crippen LogP contribution in [0, 0.1) is 18.3 Å². The van der Waals surface area contributed by atoms with E-state index in [2.05, 4.69) is 21.7 Å². The van der Waals surface area contributed by atoms with Gasteiger partial charge in [0, 0.05) is 24.5 Å². The SMILES string of the molecule is C=N/C(=C\c1nc(-c2ncc(-c3ccc(C#N)cc3)cc2S(=O)(=O)CC)n(C)c1C)C(F)(F)F. The molecule has 0 radical (unpaired) electrons. The molecule has 1 aromatic carbocycles. The summed E-state index contributed by atoms with van der Waals surface area (Å²) >= 11 is 0. The molecule has 0 bridgehead atoms. The van der Waals surface area contributed by atoms with Crippen LogP contribution < -0.4 is 0 Å². The highest BCUT2D eigenvalue weighted by atomic mass is 32.2. The Morgan fingerprint density at radius 2 is 1.91 bits per heavy atom. The van der Waals surface area contributed by atoms with Crippen LogP contribution >= 0.6 is 0 Å². The van der Waals surface area contributed by atoms with Crippen LogP contribution in [0.5, 0.6) is 0 Å². The molecular formula is C23H20F3N5O2S. The van der Waals surface area contributed by atoms with Crippen molar-refractivity contribution in [3.63, 3.8) is 0 Å². The lowest BCUT2D eigenvalue weighted by molar-refractivity contribution is -0.0912. The third kappa shape index (κ3) is 4.77. The minimum Gasteiger partial charge on any atom is -0.329 e. The Hall–Kier alpha value is -3.78. The number of rotatable bonds is 6. The molecule has 7 nitrogen and oxygen atoms in total. The fraction of sp³-hybridized carbons (Fsp3) is 0.217. The van der Waals surface area contributed by atoms with Crippen molar-refractivity contribution < 1.29 is 21.6 Å². The Kier molecular flexibility index (Phi) is 6.74. The number of sulfone groups is 1. The van der Waals surface area contributed by atoms with Crippen LogP contribution in [0.15, 0.2) is 52.1 Å². The van der Waals surface area contributed by atoms with Gasteiger partial charge in [-0.25, -0.2) is 13.4 Å². The number of halogens is 3. The van der Waals surface area contributed by atoms with E-state index in [0.29, 0.717) is 22.4 Å². The first-order valence-electron chi connectivity index (χ1n) is 9.95. The highest BCUT2D eigenvalue weighted by Crippen LogP contribution is 2.33. The fourth-order valence-corrected chi connectivity index (χ4v) is 4.25. The van der Waals surface area contributed by atoms with Gasteiger partial charge in [0.2, 0.25) is 0 Å². The van der Waals surface area contributed by atoms with E-state index in [0.717, 1.165) is 6.08 Å². The van der Waals surface area contributed by atoms with Gasteiger partial charge in [-0.1, -0.05) is 19.1 Å². The summed E-state index contributed by atoms with van der Waals surface area (Å²) < 4.78 is 66.8. The van der Waals surface area contributed by atoms with Gasteiger partial charge in [0.25, 0.3) is 0 Å². The van der Waals surface area contributed by atoms with E-state index >= 15 is 0 Å². The van der Waals surface area contributed by atoms with Crippen molar-refractivity contribution in [2.75, 3.05) is 5.75 Å². The maximum Gasteiger partial charge on any atom is 0.433 e. The van der Waals surface area contributed by atoms with Crippen LogP contribution in [0.1, 0.15) is 23.9 Å². The molecule has 34 heavy (non-hydrogen) atoms. The van der Waals surface area contributed by atoms with Crippen molar-refractivity contribution >= 4 is 22.6 Å². The van der Waals surface area contributed by atoms with Gasteiger partial charge in [0.05, 0.1) is 28.0 Å². The van der Waals surface area contributed by atoms with E-state index < -0.39 is 21.7 Å². The third-order valence-corrected chi connectivity index (χ3v) is 7.02. The highest BCUT2D eigenvalue weighted by molar-refractivity contribution is 7.91. The molecule has 3 aromatic rings. The molecule has 0 aliphatic rings. The number of imidazole rings is 1. The largest absolute Gasteiger partial charge is 0.433 e. The van der Waals surface area contributed by atoms with Gasteiger partial charge < -0.3 is 4.57 Å². The summed E-state index contributed by atoms with van der Waals surface area (Å²) in [5, 5.41) is 8.98. The Morgan fingerprint density at radius 1 is 1.26 bits per heavy atom. The molecule has 0 saturated carbocycles. The molecule has 3 rings (SSSR count). The van der Waals surface area contributed by atoms with Crippen LogP contribution in [0.25, 0.3) is 28.7 Å². The minimum absolute atomic E-state index is 0.0182. The van der Waals surface area contributed by atoms with Crippen molar-refractivity contribution in [2.24, 2.45) is 12.0 Å². The maximum absolute atomic E-state index is 13.1. The number of pyridine rings is 1. The summed E-state index contributed by atoms with van der Waals surface area (Å²) in [6.45, 7) is 6.00. The van der Waals surface area contributed by atoms with Crippen molar-refractivity contribution in [2.45, 2.75) is 24.9 Å². The molecule has 2 heterocycles. The molecule has 0 amide bonds. The molecule has 176 valence electrons. The van der Waals surface area contributed by atoms with E-state index in [9.17, 15) is 21.6 Å². The monoisotopic (exact) mass is 487 g/mol. The van der Waals surface area contributed by atoms with Gasteiger partial charge in [-0.3, -0.25) is 9.98 Å². The average Bonchev–Trinajstić information content (AvgIpc) is 3.09. The molecule has 0 N–H and O–H groups in total. The Balaban J connectivity index is 2.23. The summed E-state index contributed by atoms with van der Waals surface area (Å²) in [7, 11) is -2.23. The Labute approximate surface area is 194 Å². The van der Waals surface area contributed by atoms with Gasteiger partial charge in [0.15, 0.2) is 15.7 Å². The van der Waals surface area contributed by atoms with Crippen LogP contribution in [0.2, 0.25) is 0 Å². The number of aliphatic imine (C=N–C) groups is 1. The van der Waals surface area contributed by atoms with Crippen LogP contribution in [0.4, 0.5) is 13.2 Å². The molecular weight excluding hydrogens is 467 g/mol. The third-order valence-electron chi connectivity index (χ3n) is 5.28. The molecule has 0 unspecified atom stereocenters. The number of allylic oxidation sites excluding steroid dienone is 1. The van der Waals surface area contributed by atoms with E-state index in [4.69, 9.17) is 5.26 Å². The normalized spacial score (nSPS) is 12.4. The van der Waals surface area contributed by atoms with Gasteiger partial charge >= 0.3 is 6.18 Å². The van der Waals surface area contributed by atoms with Crippen molar-refractivity contribution in [3.05, 3.63) is 59.2 Å². The number of nitrogens with zero attached hydrogens (tertiary/aromatic N) is 5. The van der Waals surface area contributed by atoms with Gasteiger partial charge in [-0.2, -0.15) is 18.4 Å². The van der Waals surface area contributed by atoms with Crippen molar-refractivity contribution in [3.8, 4) is 28.7 Å². The second-order valence-electron chi connectivity index (χ2n) is 7.31. The van der Waals surface area contributed by atoms with E-state index in [1.165, 1.54) is 23.8 Å². The first kappa shape index (κ1) is 24.9. The summed E-state index contributed by atoms with van der Waals surface area (Å²) in [5.41, 5.74) is 0.730. The summed E-state index contributed by atoms with van der Waals surface area (Å²) in [4.78, 5) is 11.5. The standard InChI is InChI=1S/C23H20F3N5O2S/c1-5-34(32,33)19-10-17(16-8-6-15(12-27)7-9-16)13-29-21(19)22-30-18(14(2)31(22)4)11-20(28-3)23(24,25)26/h6-11,13H,3,5H2,1-2,4H3/b20-11-. The number of hydrogen-bond acceptors (Lipinski definition) is 6. The molecule has 11 heteroatoms. The zero-order valence-corrected chi connectivity index (χ0v) is 19.4. The summed E-state index contributed by atoms with van der Waals surface area (Å²) in [6, 6.07) is 10.0. The molecule has 0 saturated heterocycles. The fourth-order valence-electron chi connectivity index (χ4n) is 3.20. The molecule has 2 aromatic heterocycles. The number of nitriles is 1. The second-order valence-corrected chi connectivity index (χ2v) is 9.56. The van der Waals surface area contributed by atoms with E-state index in [1.807, 2.05) is 6.07 Å². The predicted molar refractivity (Wildman–Crippen MR) is 123 cm³/mol. The molecule has 0 aliphatic heterocycles. The van der Waals surface area contributed by atoms with Gasteiger partial charge in [-0.05, 0) is 43.5 Å². The lowest BCUT2D eigenvalue weighted by Crippen LogP contribution is -2.09. The van der Waals surface area contributed by atoms with E-state index in [1.54, 1.807) is 38.2 Å². The number of benzene rings is 1. The maximum atomic E-state index is 13.1. The molecule has 0 atom stereocenters. The number of hydrogen-bond donors (Lipinski definition) is 0. The number of aromatic nitrogens is 3. The van der Waals surface area contributed by atoms with E-state index in [-0.39, 0.29) is 27.9 Å². The lowest BCUT2D eigenvalue weighted by atomic mass is 10.1. The van der Waals surface area contributed by atoms with Crippen LogP contribution in [-0.2, 0) is 16.9 Å². The zero-order chi connectivity index (χ0) is 25.3. The van der Waals surface area contributed by atoms with Crippen LogP contribution in [-0.4, -0.2) is 41.6 Å². The van der Waals surface area contributed by atoms with Crippen molar-refractivity contribution in [1.29, 1.82) is 5.26 Å². The van der Waals surface area contributed by atoms with Gasteiger partial charge in [0.1, 0.15) is 11.4 Å². The topological polar surface area (TPSA) is 101 Å². The predicted octanol–water partition coefficient (Wildman–Crippen LogP) is 4.73. The first-order valence-corrected chi connectivity index (χ1v) is 11.6. The molecule has 0 spiro atoms. The molecule has 0 fully saturated rings.